The van der Waals surface area contributed by atoms with Gasteiger partial charge in [-0.2, -0.15) is 0 Å². The van der Waals surface area contributed by atoms with Crippen molar-refractivity contribution in [3.8, 4) is 22.6 Å². The SMILES string of the molecule is CC[C@@H](Oc1ccc([C@H]2CCN(C)c3cc4c(cc3O2)CN(C(C)C)[C@H](C(=O)N[C@@H](Cc2ccc(-c3ccnc(C)c3C)cc2)C(=O)O)C4)cc1)c1ccc(Cl)c(Cl)c1. The number of fused-ring (bicyclic) bond motifs is 2. The second-order valence-electron chi connectivity index (χ2n) is 16.0. The van der Waals surface area contributed by atoms with Gasteiger partial charge in [0.1, 0.15) is 29.7 Å². The van der Waals surface area contributed by atoms with E-state index in [0.717, 1.165) is 86.8 Å². The number of aryl methyl sites for hydroxylation is 1. The third kappa shape index (κ3) is 9.38. The number of carboxylic acid groups (broad SMARTS) is 1. The third-order valence-corrected chi connectivity index (χ3v) is 12.6. The van der Waals surface area contributed by atoms with Crippen LogP contribution in [0, 0.1) is 13.8 Å². The van der Waals surface area contributed by atoms with E-state index < -0.39 is 18.1 Å². The molecule has 59 heavy (non-hydrogen) atoms. The number of halogens is 2. The molecule has 1 aromatic heterocycles. The number of nitrogens with one attached hydrogen (secondary N) is 1. The molecule has 0 fully saturated rings. The average Bonchev–Trinajstić information content (AvgIpc) is 3.38. The zero-order valence-electron chi connectivity index (χ0n) is 34.5. The highest BCUT2D eigenvalue weighted by molar-refractivity contribution is 6.42. The molecule has 9 nitrogen and oxygen atoms in total. The van der Waals surface area contributed by atoms with E-state index >= 15 is 0 Å². The quantitative estimate of drug-likeness (QED) is 0.128. The molecule has 0 aliphatic carbocycles. The first-order chi connectivity index (χ1) is 28.3. The lowest BCUT2D eigenvalue weighted by atomic mass is 9.91. The van der Waals surface area contributed by atoms with Crippen LogP contribution in [-0.2, 0) is 29.0 Å². The van der Waals surface area contributed by atoms with Gasteiger partial charge in [-0.1, -0.05) is 72.6 Å². The minimum Gasteiger partial charge on any atom is -0.486 e. The number of hydrogen-bond donors (Lipinski definition) is 2. The molecule has 2 N–H and O–H groups in total. The Morgan fingerprint density at radius 2 is 1.71 bits per heavy atom. The number of carbonyl (C=O) groups excluding carboxylic acids is 1. The standard InChI is InChI=1S/C48H52Cl2N4O5/c1-7-44(34-14-17-39(49)40(50)23-34)58-37-15-12-33(13-16-37)45-19-21-53(6)42-24-35-25-43(54(28(2)3)27-36(35)26-46(42)59-45)47(55)52-41(48(56)57)22-31-8-10-32(11-9-31)38-18-20-51-30(5)29(38)4/h8-18,20,23-24,26,28,41,43-45H,7,19,21-22,25,27H2,1-6H3,(H,52,55)(H,56,57)/t41-,43-,44+,45+/m0/s1. The number of amides is 1. The maximum atomic E-state index is 14.1. The molecular weight excluding hydrogens is 783 g/mol. The molecule has 11 heteroatoms. The number of pyridine rings is 1. The number of hydrogen-bond acceptors (Lipinski definition) is 7. The summed E-state index contributed by atoms with van der Waals surface area (Å²) in [6.45, 7) is 11.5. The van der Waals surface area contributed by atoms with Crippen LogP contribution in [0.2, 0.25) is 10.0 Å². The molecule has 0 unspecified atom stereocenters. The maximum Gasteiger partial charge on any atom is 0.326 e. The van der Waals surface area contributed by atoms with Gasteiger partial charge < -0.3 is 24.8 Å². The molecule has 2 aliphatic rings. The molecule has 5 aromatic rings. The highest BCUT2D eigenvalue weighted by atomic mass is 35.5. The van der Waals surface area contributed by atoms with Crippen LogP contribution >= 0.6 is 23.2 Å². The Labute approximate surface area is 357 Å². The lowest BCUT2D eigenvalue weighted by Gasteiger charge is -2.39. The summed E-state index contributed by atoms with van der Waals surface area (Å²) >= 11 is 12.4. The predicted molar refractivity (Wildman–Crippen MR) is 235 cm³/mol. The number of carboxylic acids is 1. The van der Waals surface area contributed by atoms with E-state index in [0.29, 0.717) is 23.0 Å². The summed E-state index contributed by atoms with van der Waals surface area (Å²) in [5.74, 6) is 0.210. The Bertz CT molecular complexity index is 2320. The van der Waals surface area contributed by atoms with E-state index in [9.17, 15) is 14.7 Å². The summed E-state index contributed by atoms with van der Waals surface area (Å²) in [5, 5.41) is 14.2. The van der Waals surface area contributed by atoms with E-state index in [-0.39, 0.29) is 30.6 Å². The summed E-state index contributed by atoms with van der Waals surface area (Å²) in [6, 6.07) is 26.3. The number of carbonyl (C=O) groups is 2. The summed E-state index contributed by atoms with van der Waals surface area (Å²) < 4.78 is 13.2. The first-order valence-electron chi connectivity index (χ1n) is 20.3. The minimum absolute atomic E-state index is 0.0369. The summed E-state index contributed by atoms with van der Waals surface area (Å²) in [5.41, 5.74) is 10.2. The Kier molecular flexibility index (Phi) is 12.9. The molecule has 1 amide bonds. The van der Waals surface area contributed by atoms with Crippen molar-refractivity contribution in [1.29, 1.82) is 0 Å². The van der Waals surface area contributed by atoms with Crippen molar-refractivity contribution in [2.45, 2.75) is 97.2 Å². The van der Waals surface area contributed by atoms with Crippen LogP contribution < -0.4 is 19.7 Å². The molecule has 0 saturated carbocycles. The van der Waals surface area contributed by atoms with Crippen molar-refractivity contribution in [3.05, 3.63) is 140 Å². The van der Waals surface area contributed by atoms with Crippen LogP contribution in [0.25, 0.3) is 11.1 Å². The minimum atomic E-state index is -1.08. The molecule has 0 bridgehead atoms. The van der Waals surface area contributed by atoms with E-state index in [4.69, 9.17) is 32.7 Å². The van der Waals surface area contributed by atoms with Gasteiger partial charge in [-0.3, -0.25) is 14.7 Å². The van der Waals surface area contributed by atoms with Gasteiger partial charge >= 0.3 is 5.97 Å². The monoisotopic (exact) mass is 834 g/mol. The molecular formula is C48H52Cl2N4O5. The molecule has 2 aliphatic heterocycles. The Balaban J connectivity index is 1.04. The zero-order valence-corrected chi connectivity index (χ0v) is 36.0. The number of ether oxygens (including phenoxy) is 2. The second-order valence-corrected chi connectivity index (χ2v) is 16.8. The lowest BCUT2D eigenvalue weighted by Crippen LogP contribution is -2.56. The molecule has 0 spiro atoms. The van der Waals surface area contributed by atoms with E-state index in [2.05, 4.69) is 72.2 Å². The maximum absolute atomic E-state index is 14.1. The Morgan fingerprint density at radius 3 is 2.39 bits per heavy atom. The predicted octanol–water partition coefficient (Wildman–Crippen LogP) is 10.1. The van der Waals surface area contributed by atoms with Crippen LogP contribution in [0.1, 0.15) is 84.9 Å². The first kappa shape index (κ1) is 42.0. The van der Waals surface area contributed by atoms with Crippen molar-refractivity contribution in [1.82, 2.24) is 15.2 Å². The second kappa shape index (κ2) is 18.0. The van der Waals surface area contributed by atoms with Gasteiger partial charge in [0.15, 0.2) is 0 Å². The number of nitrogens with zero attached hydrogens (tertiary/aromatic N) is 3. The zero-order chi connectivity index (χ0) is 42.0. The summed E-state index contributed by atoms with van der Waals surface area (Å²) in [7, 11) is 2.07. The number of aliphatic carboxylic acids is 1. The normalized spacial score (nSPS) is 17.6. The third-order valence-electron chi connectivity index (χ3n) is 11.8. The number of anilines is 1. The number of rotatable bonds is 12. The largest absolute Gasteiger partial charge is 0.486 e. The molecule has 3 heterocycles. The van der Waals surface area contributed by atoms with Crippen molar-refractivity contribution in [3.63, 3.8) is 0 Å². The van der Waals surface area contributed by atoms with Crippen LogP contribution in [0.4, 0.5) is 5.69 Å². The average molecular weight is 836 g/mol. The van der Waals surface area contributed by atoms with Crippen molar-refractivity contribution >= 4 is 40.8 Å². The smallest absolute Gasteiger partial charge is 0.326 e. The fraction of sp³-hybridized carbons (Fsp3) is 0.354. The molecule has 308 valence electrons. The Morgan fingerprint density at radius 1 is 0.966 bits per heavy atom. The fourth-order valence-electron chi connectivity index (χ4n) is 8.18. The highest BCUT2D eigenvalue weighted by Gasteiger charge is 2.36. The summed E-state index contributed by atoms with van der Waals surface area (Å²) in [4.78, 5) is 35.3. The van der Waals surface area contributed by atoms with E-state index in [1.165, 1.54) is 0 Å². The van der Waals surface area contributed by atoms with Gasteiger partial charge in [0.25, 0.3) is 0 Å². The molecule has 4 aromatic carbocycles. The van der Waals surface area contributed by atoms with E-state index in [1.54, 1.807) is 12.3 Å². The van der Waals surface area contributed by atoms with Gasteiger partial charge in [0.2, 0.25) is 5.91 Å². The van der Waals surface area contributed by atoms with Gasteiger partial charge in [-0.15, -0.1) is 0 Å². The van der Waals surface area contributed by atoms with E-state index in [1.807, 2.05) is 68.4 Å². The highest BCUT2D eigenvalue weighted by Crippen LogP contribution is 2.41. The molecule has 0 radical (unpaired) electrons. The first-order valence-corrected chi connectivity index (χ1v) is 21.1. The van der Waals surface area contributed by atoms with Crippen molar-refractivity contribution < 1.29 is 24.2 Å². The van der Waals surface area contributed by atoms with Crippen LogP contribution in [0.3, 0.4) is 0 Å². The van der Waals surface area contributed by atoms with Crippen molar-refractivity contribution in [2.24, 2.45) is 0 Å². The molecule has 7 rings (SSSR count). The summed E-state index contributed by atoms with van der Waals surface area (Å²) in [6.07, 6.45) is 3.64. The number of benzene rings is 4. The molecule has 4 atom stereocenters. The topological polar surface area (TPSA) is 104 Å². The van der Waals surface area contributed by atoms with Gasteiger partial charge in [-0.25, -0.2) is 4.79 Å². The van der Waals surface area contributed by atoms with Crippen LogP contribution in [0.15, 0.2) is 91.1 Å². The number of aromatic nitrogens is 1. The van der Waals surface area contributed by atoms with Crippen LogP contribution in [-0.4, -0.2) is 58.6 Å². The lowest BCUT2D eigenvalue weighted by molar-refractivity contribution is -0.143. The Hall–Kier alpha value is -5.09. The fourth-order valence-corrected chi connectivity index (χ4v) is 8.49. The van der Waals surface area contributed by atoms with Gasteiger partial charge in [0.05, 0.1) is 21.8 Å². The van der Waals surface area contributed by atoms with Gasteiger partial charge in [-0.05, 0) is 128 Å². The molecule has 0 saturated heterocycles. The van der Waals surface area contributed by atoms with Gasteiger partial charge in [0, 0.05) is 50.9 Å². The van der Waals surface area contributed by atoms with Crippen LogP contribution in [0.5, 0.6) is 11.5 Å². The van der Waals surface area contributed by atoms with Crippen molar-refractivity contribution in [2.75, 3.05) is 18.5 Å².